The molecule has 7 nitrogen and oxygen atoms in total. The van der Waals surface area contributed by atoms with Gasteiger partial charge >= 0.3 is 6.03 Å². The van der Waals surface area contributed by atoms with Crippen molar-refractivity contribution in [3.05, 3.63) is 60.8 Å². The number of amides is 3. The summed E-state index contributed by atoms with van der Waals surface area (Å²) in [4.78, 5) is 28.0. The Morgan fingerprint density at radius 2 is 1.77 bits per heavy atom. The number of fused-ring (bicyclic) bond motifs is 1. The van der Waals surface area contributed by atoms with Crippen LogP contribution in [0.15, 0.2) is 60.8 Å². The number of para-hydroxylation sites is 1. The molecule has 30 heavy (non-hydrogen) atoms. The van der Waals surface area contributed by atoms with E-state index in [0.717, 1.165) is 16.6 Å². The van der Waals surface area contributed by atoms with Crippen molar-refractivity contribution >= 4 is 34.2 Å². The molecule has 0 radical (unpaired) electrons. The highest BCUT2D eigenvalue weighted by Crippen LogP contribution is 2.21. The third-order valence-corrected chi connectivity index (χ3v) is 5.22. The molecule has 1 unspecified atom stereocenters. The summed E-state index contributed by atoms with van der Waals surface area (Å²) < 4.78 is 1.91. The standard InChI is InChI=1S/C23H29N5O2/c1-17(27(4)20-8-6-5-7-9-20)15-24-23(30)25-19-10-11-21-18(14-19)12-13-28(21)16-22(29)26(2)3/h5-14,17H,15-16H2,1-4H3,(H2,24,25,30). The zero-order valence-electron chi connectivity index (χ0n) is 17.9. The van der Waals surface area contributed by atoms with Gasteiger partial charge in [-0.15, -0.1) is 0 Å². The van der Waals surface area contributed by atoms with Gasteiger partial charge in [0.2, 0.25) is 5.91 Å². The van der Waals surface area contributed by atoms with Crippen molar-refractivity contribution in [2.45, 2.75) is 19.5 Å². The lowest BCUT2D eigenvalue weighted by atomic mass is 10.2. The first-order valence-corrected chi connectivity index (χ1v) is 9.97. The molecule has 7 heteroatoms. The van der Waals surface area contributed by atoms with Gasteiger partial charge in [-0.3, -0.25) is 4.79 Å². The van der Waals surface area contributed by atoms with Crippen LogP contribution in [0.25, 0.3) is 10.9 Å². The summed E-state index contributed by atoms with van der Waals surface area (Å²) in [7, 11) is 5.50. The fraction of sp³-hybridized carbons (Fsp3) is 0.304. The molecule has 2 aromatic carbocycles. The van der Waals surface area contributed by atoms with Crippen molar-refractivity contribution in [1.29, 1.82) is 0 Å². The van der Waals surface area contributed by atoms with Gasteiger partial charge in [0.15, 0.2) is 0 Å². The lowest BCUT2D eigenvalue weighted by Gasteiger charge is -2.27. The van der Waals surface area contributed by atoms with Crippen LogP contribution in [0.4, 0.5) is 16.2 Å². The van der Waals surface area contributed by atoms with E-state index < -0.39 is 0 Å². The molecule has 2 N–H and O–H groups in total. The Morgan fingerprint density at radius 3 is 2.47 bits per heavy atom. The number of nitrogens with one attached hydrogen (secondary N) is 2. The van der Waals surface area contributed by atoms with Gasteiger partial charge in [0.25, 0.3) is 0 Å². The first kappa shape index (κ1) is 21.2. The summed E-state index contributed by atoms with van der Waals surface area (Å²) in [6, 6.07) is 17.6. The quantitative estimate of drug-likeness (QED) is 0.631. The number of hydrogen-bond donors (Lipinski definition) is 2. The monoisotopic (exact) mass is 407 g/mol. The third-order valence-electron chi connectivity index (χ3n) is 5.22. The van der Waals surface area contributed by atoms with E-state index in [0.29, 0.717) is 12.2 Å². The highest BCUT2D eigenvalue weighted by Gasteiger charge is 2.12. The van der Waals surface area contributed by atoms with Crippen molar-refractivity contribution in [3.63, 3.8) is 0 Å². The highest BCUT2D eigenvalue weighted by atomic mass is 16.2. The number of urea groups is 1. The highest BCUT2D eigenvalue weighted by molar-refractivity contribution is 5.93. The van der Waals surface area contributed by atoms with Crippen LogP contribution in [0, 0.1) is 0 Å². The predicted molar refractivity (Wildman–Crippen MR) is 122 cm³/mol. The fourth-order valence-electron chi connectivity index (χ4n) is 3.17. The van der Waals surface area contributed by atoms with Gasteiger partial charge in [-0.25, -0.2) is 4.79 Å². The topological polar surface area (TPSA) is 69.6 Å². The molecule has 0 aliphatic heterocycles. The van der Waals surface area contributed by atoms with E-state index >= 15 is 0 Å². The number of carbonyl (C=O) groups excluding carboxylic acids is 2. The van der Waals surface area contributed by atoms with Crippen molar-refractivity contribution < 1.29 is 9.59 Å². The molecule has 0 bridgehead atoms. The molecule has 1 aromatic heterocycles. The number of likely N-dealkylation sites (N-methyl/N-ethyl adjacent to an activating group) is 2. The SMILES string of the molecule is CC(CNC(=O)Nc1ccc2c(ccn2CC(=O)N(C)C)c1)N(C)c1ccccc1. The second kappa shape index (κ2) is 9.35. The van der Waals surface area contributed by atoms with E-state index in [1.807, 2.05) is 72.4 Å². The van der Waals surface area contributed by atoms with Gasteiger partial charge in [-0.05, 0) is 43.3 Å². The van der Waals surface area contributed by atoms with Crippen LogP contribution < -0.4 is 15.5 Å². The average molecular weight is 408 g/mol. The molecule has 3 amide bonds. The molecule has 0 fully saturated rings. The molecule has 0 saturated heterocycles. The normalized spacial score (nSPS) is 11.7. The lowest BCUT2D eigenvalue weighted by molar-refractivity contribution is -0.129. The van der Waals surface area contributed by atoms with Crippen molar-refractivity contribution in [3.8, 4) is 0 Å². The third kappa shape index (κ3) is 5.11. The Hall–Kier alpha value is -3.48. The number of carbonyl (C=O) groups is 2. The summed E-state index contributed by atoms with van der Waals surface area (Å²) >= 11 is 0. The van der Waals surface area contributed by atoms with E-state index in [4.69, 9.17) is 0 Å². The van der Waals surface area contributed by atoms with Gasteiger partial charge in [0.05, 0.1) is 0 Å². The minimum Gasteiger partial charge on any atom is -0.370 e. The van der Waals surface area contributed by atoms with Gasteiger partial charge in [0, 0.05) is 62.2 Å². The zero-order valence-corrected chi connectivity index (χ0v) is 17.9. The summed E-state index contributed by atoms with van der Waals surface area (Å²) in [5.41, 5.74) is 2.77. The largest absolute Gasteiger partial charge is 0.370 e. The fourth-order valence-corrected chi connectivity index (χ4v) is 3.17. The summed E-state index contributed by atoms with van der Waals surface area (Å²) in [5, 5.41) is 6.78. The predicted octanol–water partition coefficient (Wildman–Crippen LogP) is 3.38. The van der Waals surface area contributed by atoms with Crippen molar-refractivity contribution in [2.75, 3.05) is 37.9 Å². The minimum atomic E-state index is -0.245. The van der Waals surface area contributed by atoms with Crippen LogP contribution in [0.1, 0.15) is 6.92 Å². The number of rotatable bonds is 7. The number of anilines is 2. The summed E-state index contributed by atoms with van der Waals surface area (Å²) in [5.74, 6) is 0.0312. The summed E-state index contributed by atoms with van der Waals surface area (Å²) in [6.07, 6.45) is 1.89. The van der Waals surface area contributed by atoms with Gasteiger partial charge in [-0.2, -0.15) is 0 Å². The van der Waals surface area contributed by atoms with Crippen molar-refractivity contribution in [1.82, 2.24) is 14.8 Å². The number of benzene rings is 2. The summed E-state index contributed by atoms with van der Waals surface area (Å²) in [6.45, 7) is 2.87. The maximum atomic E-state index is 12.3. The molecule has 0 aliphatic rings. The Kier molecular flexibility index (Phi) is 6.61. The zero-order chi connectivity index (χ0) is 21.7. The second-order valence-electron chi connectivity index (χ2n) is 7.64. The molecule has 1 heterocycles. The molecule has 0 saturated carbocycles. The molecule has 3 aromatic rings. The Balaban J connectivity index is 1.57. The van der Waals surface area contributed by atoms with E-state index in [-0.39, 0.29) is 24.5 Å². The van der Waals surface area contributed by atoms with Gasteiger partial charge < -0.3 is 25.0 Å². The molecule has 0 aliphatic carbocycles. The maximum absolute atomic E-state index is 12.3. The van der Waals surface area contributed by atoms with Crippen LogP contribution in [-0.4, -0.2) is 55.1 Å². The molecular weight excluding hydrogens is 378 g/mol. The Morgan fingerprint density at radius 1 is 1.03 bits per heavy atom. The minimum absolute atomic E-state index is 0.0312. The van der Waals surface area contributed by atoms with Crippen LogP contribution >= 0.6 is 0 Å². The average Bonchev–Trinajstić information content (AvgIpc) is 3.13. The lowest BCUT2D eigenvalue weighted by Crippen LogP contribution is -2.41. The van der Waals surface area contributed by atoms with E-state index in [1.165, 1.54) is 0 Å². The van der Waals surface area contributed by atoms with Crippen LogP contribution in [0.2, 0.25) is 0 Å². The first-order chi connectivity index (χ1) is 14.3. The van der Waals surface area contributed by atoms with Crippen LogP contribution in [-0.2, 0) is 11.3 Å². The van der Waals surface area contributed by atoms with Crippen molar-refractivity contribution in [2.24, 2.45) is 0 Å². The second-order valence-corrected chi connectivity index (χ2v) is 7.64. The Bertz CT molecular complexity index is 1010. The van der Waals surface area contributed by atoms with Gasteiger partial charge in [-0.1, -0.05) is 18.2 Å². The smallest absolute Gasteiger partial charge is 0.319 e. The molecule has 3 rings (SSSR count). The molecule has 158 valence electrons. The van der Waals surface area contributed by atoms with E-state index in [9.17, 15) is 9.59 Å². The molecular formula is C23H29N5O2. The first-order valence-electron chi connectivity index (χ1n) is 9.97. The number of hydrogen-bond acceptors (Lipinski definition) is 3. The van der Waals surface area contributed by atoms with Crippen LogP contribution in [0.3, 0.4) is 0 Å². The van der Waals surface area contributed by atoms with Crippen LogP contribution in [0.5, 0.6) is 0 Å². The molecule has 1 atom stereocenters. The maximum Gasteiger partial charge on any atom is 0.319 e. The number of aromatic nitrogens is 1. The van der Waals surface area contributed by atoms with E-state index in [2.05, 4.69) is 22.5 Å². The Labute approximate surface area is 177 Å². The van der Waals surface area contributed by atoms with E-state index in [1.54, 1.807) is 19.0 Å². The molecule has 0 spiro atoms. The van der Waals surface area contributed by atoms with Gasteiger partial charge in [0.1, 0.15) is 6.54 Å². The number of nitrogens with zero attached hydrogens (tertiary/aromatic N) is 3.